The Hall–Kier alpha value is -1.73. The molecule has 1 atom stereocenters. The van der Waals surface area contributed by atoms with Crippen molar-refractivity contribution in [3.63, 3.8) is 0 Å². The Labute approximate surface area is 101 Å². The van der Waals surface area contributed by atoms with E-state index in [4.69, 9.17) is 15.7 Å². The van der Waals surface area contributed by atoms with Crippen LogP contribution in [0.25, 0.3) is 0 Å². The van der Waals surface area contributed by atoms with Crippen molar-refractivity contribution >= 4 is 11.4 Å². The van der Waals surface area contributed by atoms with Crippen molar-refractivity contribution in [2.24, 2.45) is 0 Å². The third-order valence-corrected chi connectivity index (χ3v) is 3.14. The largest absolute Gasteiger partial charge is 0.398 e. The molecule has 0 amide bonds. The van der Waals surface area contributed by atoms with Crippen LogP contribution in [-0.2, 0) is 4.74 Å². The smallest absolute Gasteiger partial charge is 0.101 e. The van der Waals surface area contributed by atoms with Gasteiger partial charge in [0, 0.05) is 24.5 Å². The first-order valence-electron chi connectivity index (χ1n) is 5.80. The zero-order valence-corrected chi connectivity index (χ0v) is 9.99. The van der Waals surface area contributed by atoms with Crippen molar-refractivity contribution in [3.05, 3.63) is 23.8 Å². The van der Waals surface area contributed by atoms with Crippen molar-refractivity contribution in [1.82, 2.24) is 0 Å². The molecule has 0 bridgehead atoms. The summed E-state index contributed by atoms with van der Waals surface area (Å²) in [5, 5.41) is 12.2. The number of nitrogen functional groups attached to an aromatic ring is 1. The fourth-order valence-corrected chi connectivity index (χ4v) is 2.03. The van der Waals surface area contributed by atoms with E-state index < -0.39 is 0 Å². The summed E-state index contributed by atoms with van der Waals surface area (Å²) < 4.78 is 5.69. The van der Waals surface area contributed by atoms with Crippen molar-refractivity contribution in [2.75, 3.05) is 24.2 Å². The summed E-state index contributed by atoms with van der Waals surface area (Å²) in [4.78, 5) is 0. The first-order chi connectivity index (χ1) is 8.13. The third kappa shape index (κ3) is 2.69. The van der Waals surface area contributed by atoms with Gasteiger partial charge in [-0.1, -0.05) is 0 Å². The van der Waals surface area contributed by atoms with E-state index in [9.17, 15) is 0 Å². The highest BCUT2D eigenvalue weighted by molar-refractivity contribution is 5.61. The van der Waals surface area contributed by atoms with Crippen LogP contribution in [0.5, 0.6) is 0 Å². The normalized spacial score (nSPS) is 23.3. The summed E-state index contributed by atoms with van der Waals surface area (Å²) in [5.41, 5.74) is 7.51. The summed E-state index contributed by atoms with van der Waals surface area (Å²) >= 11 is 0. The molecular formula is C13H17N3O. The minimum Gasteiger partial charge on any atom is -0.398 e. The predicted molar refractivity (Wildman–Crippen MR) is 67.7 cm³/mol. The monoisotopic (exact) mass is 231 g/mol. The number of nitrogens with zero attached hydrogens (tertiary/aromatic N) is 1. The standard InChI is InChI=1S/C13H17N3O/c1-13(5-2-6-17-13)9-16-11-3-4-12(15)10(7-11)8-14/h3-4,7,16H,2,5-6,9,15H2,1H3. The molecule has 3 N–H and O–H groups in total. The molecule has 1 fully saturated rings. The van der Waals surface area contributed by atoms with Gasteiger partial charge in [0.1, 0.15) is 6.07 Å². The molecule has 0 spiro atoms. The summed E-state index contributed by atoms with van der Waals surface area (Å²) in [6.45, 7) is 3.70. The average molecular weight is 231 g/mol. The molecule has 1 heterocycles. The zero-order chi connectivity index (χ0) is 12.3. The molecule has 0 aromatic heterocycles. The second kappa shape index (κ2) is 4.64. The van der Waals surface area contributed by atoms with E-state index in [0.29, 0.717) is 11.3 Å². The van der Waals surface area contributed by atoms with Gasteiger partial charge in [0.15, 0.2) is 0 Å². The number of ether oxygens (including phenoxy) is 1. The summed E-state index contributed by atoms with van der Waals surface area (Å²) in [6.07, 6.45) is 2.18. The Bertz CT molecular complexity index is 444. The molecule has 2 rings (SSSR count). The van der Waals surface area contributed by atoms with Gasteiger partial charge in [0.25, 0.3) is 0 Å². The van der Waals surface area contributed by atoms with Crippen molar-refractivity contribution in [1.29, 1.82) is 5.26 Å². The lowest BCUT2D eigenvalue weighted by Crippen LogP contribution is -2.32. The van der Waals surface area contributed by atoms with Crippen LogP contribution in [0.4, 0.5) is 11.4 Å². The maximum Gasteiger partial charge on any atom is 0.101 e. The van der Waals surface area contributed by atoms with Crippen LogP contribution < -0.4 is 11.1 Å². The Morgan fingerprint density at radius 3 is 3.06 bits per heavy atom. The van der Waals surface area contributed by atoms with Gasteiger partial charge in [0.05, 0.1) is 11.2 Å². The molecule has 90 valence electrons. The molecule has 0 radical (unpaired) electrons. The molecule has 1 unspecified atom stereocenters. The van der Waals surface area contributed by atoms with Gasteiger partial charge in [-0.25, -0.2) is 0 Å². The lowest BCUT2D eigenvalue weighted by atomic mass is 10.0. The van der Waals surface area contributed by atoms with Crippen LogP contribution in [0.1, 0.15) is 25.3 Å². The topological polar surface area (TPSA) is 71.1 Å². The van der Waals surface area contributed by atoms with Crippen molar-refractivity contribution in [3.8, 4) is 6.07 Å². The van der Waals surface area contributed by atoms with E-state index in [1.165, 1.54) is 0 Å². The number of nitrogens with two attached hydrogens (primary N) is 1. The lowest BCUT2D eigenvalue weighted by molar-refractivity contribution is 0.0315. The van der Waals surface area contributed by atoms with Crippen LogP contribution in [0.2, 0.25) is 0 Å². The highest BCUT2D eigenvalue weighted by Crippen LogP contribution is 2.26. The highest BCUT2D eigenvalue weighted by Gasteiger charge is 2.29. The molecule has 0 aliphatic carbocycles. The highest BCUT2D eigenvalue weighted by atomic mass is 16.5. The number of nitrogens with one attached hydrogen (secondary N) is 1. The molecule has 17 heavy (non-hydrogen) atoms. The molecule has 4 nitrogen and oxygen atoms in total. The van der Waals surface area contributed by atoms with E-state index in [2.05, 4.69) is 18.3 Å². The van der Waals surface area contributed by atoms with E-state index in [1.54, 1.807) is 12.1 Å². The van der Waals surface area contributed by atoms with Crippen LogP contribution in [0.3, 0.4) is 0 Å². The number of rotatable bonds is 3. The molecule has 4 heteroatoms. The van der Waals surface area contributed by atoms with Gasteiger partial charge < -0.3 is 15.8 Å². The second-order valence-corrected chi connectivity index (χ2v) is 4.67. The lowest BCUT2D eigenvalue weighted by Gasteiger charge is -2.24. The SMILES string of the molecule is CC1(CNc2ccc(N)c(C#N)c2)CCCO1. The van der Waals surface area contributed by atoms with E-state index in [-0.39, 0.29) is 5.60 Å². The second-order valence-electron chi connectivity index (χ2n) is 4.67. The molecule has 1 aliphatic rings. The maximum atomic E-state index is 8.89. The first-order valence-corrected chi connectivity index (χ1v) is 5.80. The fourth-order valence-electron chi connectivity index (χ4n) is 2.03. The Morgan fingerprint density at radius 2 is 2.41 bits per heavy atom. The number of hydrogen-bond acceptors (Lipinski definition) is 4. The minimum absolute atomic E-state index is 0.0891. The third-order valence-electron chi connectivity index (χ3n) is 3.14. The minimum atomic E-state index is -0.0891. The Balaban J connectivity index is 2.02. The van der Waals surface area contributed by atoms with Gasteiger partial charge in [-0.15, -0.1) is 0 Å². The predicted octanol–water partition coefficient (Wildman–Crippen LogP) is 2.12. The summed E-state index contributed by atoms with van der Waals surface area (Å²) in [5.74, 6) is 0. The number of hydrogen-bond donors (Lipinski definition) is 2. The van der Waals surface area contributed by atoms with E-state index >= 15 is 0 Å². The van der Waals surface area contributed by atoms with Crippen LogP contribution in [0.15, 0.2) is 18.2 Å². The van der Waals surface area contributed by atoms with Gasteiger partial charge in [0.2, 0.25) is 0 Å². The number of anilines is 2. The number of nitriles is 1. The van der Waals surface area contributed by atoms with Crippen molar-refractivity contribution in [2.45, 2.75) is 25.4 Å². The van der Waals surface area contributed by atoms with E-state index in [0.717, 1.165) is 31.7 Å². The molecule has 1 aromatic carbocycles. The summed E-state index contributed by atoms with van der Waals surface area (Å²) in [6, 6.07) is 7.48. The maximum absolute atomic E-state index is 8.89. The van der Waals surface area contributed by atoms with Gasteiger partial charge in [-0.05, 0) is 38.0 Å². The van der Waals surface area contributed by atoms with Crippen molar-refractivity contribution < 1.29 is 4.74 Å². The quantitative estimate of drug-likeness (QED) is 0.782. The molecule has 0 saturated carbocycles. The number of benzene rings is 1. The van der Waals surface area contributed by atoms with Gasteiger partial charge in [-0.2, -0.15) is 5.26 Å². The van der Waals surface area contributed by atoms with E-state index in [1.807, 2.05) is 6.07 Å². The van der Waals surface area contributed by atoms with Gasteiger partial charge >= 0.3 is 0 Å². The molecular weight excluding hydrogens is 214 g/mol. The Morgan fingerprint density at radius 1 is 1.59 bits per heavy atom. The van der Waals surface area contributed by atoms with Gasteiger partial charge in [-0.3, -0.25) is 0 Å². The fraction of sp³-hybridized carbons (Fsp3) is 0.462. The first kappa shape index (κ1) is 11.7. The van der Waals surface area contributed by atoms with Crippen LogP contribution in [-0.4, -0.2) is 18.8 Å². The Kier molecular flexibility index (Phi) is 3.21. The zero-order valence-electron chi connectivity index (χ0n) is 9.99. The molecule has 1 aromatic rings. The molecule has 1 aliphatic heterocycles. The van der Waals surface area contributed by atoms with Crippen LogP contribution >= 0.6 is 0 Å². The summed E-state index contributed by atoms with van der Waals surface area (Å²) in [7, 11) is 0. The molecule has 1 saturated heterocycles. The average Bonchev–Trinajstić information content (AvgIpc) is 2.76. The van der Waals surface area contributed by atoms with Crippen LogP contribution in [0, 0.1) is 11.3 Å².